The molecule has 2 unspecified atom stereocenters. The molecule has 2 fully saturated rings. The van der Waals surface area contributed by atoms with E-state index in [9.17, 15) is 4.79 Å². The molecule has 156 valence electrons. The van der Waals surface area contributed by atoms with E-state index in [1.165, 1.54) is 24.9 Å². The predicted molar refractivity (Wildman–Crippen MR) is 111 cm³/mol. The van der Waals surface area contributed by atoms with Crippen LogP contribution in [0.4, 0.5) is 0 Å². The molecule has 0 radical (unpaired) electrons. The highest BCUT2D eigenvalue weighted by molar-refractivity contribution is 5.78. The molecule has 2 aliphatic heterocycles. The molecular formula is C22H33N6O+. The first-order chi connectivity index (χ1) is 14.3. The monoisotopic (exact) mass is 397 g/mol. The van der Waals surface area contributed by atoms with Crippen LogP contribution in [-0.2, 0) is 17.9 Å². The Labute approximate surface area is 173 Å². The molecule has 2 N–H and O–H groups in total. The molecule has 2 atom stereocenters. The zero-order valence-electron chi connectivity index (χ0n) is 17.2. The van der Waals surface area contributed by atoms with Crippen LogP contribution in [0.2, 0.25) is 0 Å². The lowest BCUT2D eigenvalue weighted by atomic mass is 9.93. The lowest BCUT2D eigenvalue weighted by Crippen LogP contribution is -3.17. The van der Waals surface area contributed by atoms with Crippen molar-refractivity contribution in [1.29, 1.82) is 0 Å². The van der Waals surface area contributed by atoms with Crippen molar-refractivity contribution in [2.75, 3.05) is 32.7 Å². The van der Waals surface area contributed by atoms with Crippen molar-refractivity contribution in [3.8, 4) is 0 Å². The van der Waals surface area contributed by atoms with Gasteiger partial charge in [-0.2, -0.15) is 0 Å². The number of carbonyl (C=O) groups excluding carboxylic acids is 1. The van der Waals surface area contributed by atoms with Crippen molar-refractivity contribution < 1.29 is 9.69 Å². The second-order valence-electron chi connectivity index (χ2n) is 8.45. The van der Waals surface area contributed by atoms with Crippen LogP contribution in [0, 0.1) is 5.92 Å². The summed E-state index contributed by atoms with van der Waals surface area (Å²) in [5.41, 5.74) is 1.34. The number of pyridine rings is 1. The molecule has 0 saturated carbocycles. The zero-order chi connectivity index (χ0) is 19.9. The van der Waals surface area contributed by atoms with Crippen LogP contribution in [0.15, 0.2) is 43.2 Å². The summed E-state index contributed by atoms with van der Waals surface area (Å²) in [4.78, 5) is 25.0. The van der Waals surface area contributed by atoms with Gasteiger partial charge in [0.25, 0.3) is 0 Å². The maximum atomic E-state index is 12.6. The van der Waals surface area contributed by atoms with E-state index >= 15 is 0 Å². The normalized spacial score (nSPS) is 23.7. The second-order valence-corrected chi connectivity index (χ2v) is 8.45. The van der Waals surface area contributed by atoms with Crippen molar-refractivity contribution in [3.63, 3.8) is 0 Å². The summed E-state index contributed by atoms with van der Waals surface area (Å²) < 4.78 is 2.00. The molecule has 7 nitrogen and oxygen atoms in total. The van der Waals surface area contributed by atoms with Crippen LogP contribution >= 0.6 is 0 Å². The average molecular weight is 398 g/mol. The number of amides is 1. The highest BCUT2D eigenvalue weighted by Crippen LogP contribution is 2.14. The summed E-state index contributed by atoms with van der Waals surface area (Å²) >= 11 is 0. The van der Waals surface area contributed by atoms with E-state index in [-0.39, 0.29) is 11.8 Å². The molecule has 2 aromatic rings. The van der Waals surface area contributed by atoms with E-state index in [0.717, 1.165) is 45.6 Å². The van der Waals surface area contributed by atoms with Crippen LogP contribution in [-0.4, -0.2) is 64.1 Å². The highest BCUT2D eigenvalue weighted by atomic mass is 16.1. The number of nitrogens with zero attached hydrogens (tertiary/aromatic N) is 4. The first kappa shape index (κ1) is 20.0. The Morgan fingerprint density at radius 1 is 1.14 bits per heavy atom. The third-order valence-corrected chi connectivity index (χ3v) is 6.48. The van der Waals surface area contributed by atoms with E-state index in [2.05, 4.69) is 32.3 Å². The molecule has 7 heteroatoms. The zero-order valence-corrected chi connectivity index (χ0v) is 17.2. The lowest BCUT2D eigenvalue weighted by Gasteiger charge is -2.39. The Bertz CT molecular complexity index is 742. The Kier molecular flexibility index (Phi) is 6.90. The quantitative estimate of drug-likeness (QED) is 0.708. The molecule has 2 aromatic heterocycles. The molecule has 0 bridgehead atoms. The number of hydrogen-bond acceptors (Lipinski definition) is 4. The molecular weight excluding hydrogens is 364 g/mol. The lowest BCUT2D eigenvalue weighted by molar-refractivity contribution is -0.933. The SMILES string of the molecule is O=C(NCCn1ccnc1)C1CCC[NH+](C2CCN(Cc3ccncc3)CC2)C1. The van der Waals surface area contributed by atoms with E-state index in [0.29, 0.717) is 12.6 Å². The molecule has 0 aliphatic carbocycles. The first-order valence-electron chi connectivity index (χ1n) is 11.0. The summed E-state index contributed by atoms with van der Waals surface area (Å²) in [6.45, 7) is 6.99. The largest absolute Gasteiger partial charge is 0.354 e. The van der Waals surface area contributed by atoms with Crippen LogP contribution in [0.5, 0.6) is 0 Å². The third-order valence-electron chi connectivity index (χ3n) is 6.48. The van der Waals surface area contributed by atoms with Crippen molar-refractivity contribution in [1.82, 2.24) is 24.8 Å². The van der Waals surface area contributed by atoms with Gasteiger partial charge in [0, 0.05) is 70.4 Å². The minimum Gasteiger partial charge on any atom is -0.354 e. The van der Waals surface area contributed by atoms with Crippen LogP contribution in [0.1, 0.15) is 31.2 Å². The van der Waals surface area contributed by atoms with Crippen molar-refractivity contribution in [3.05, 3.63) is 48.8 Å². The number of quaternary nitrogens is 1. The molecule has 29 heavy (non-hydrogen) atoms. The standard InChI is InChI=1S/C22H32N6O/c29-22(25-10-15-27-14-9-24-18-27)20-2-1-11-28(17-20)21-5-12-26(13-6-21)16-19-3-7-23-8-4-19/h3-4,7-9,14,18,20-21H,1-2,5-6,10-13,15-17H2,(H,25,29)/p+1. The minimum atomic E-state index is 0.163. The second kappa shape index (κ2) is 9.98. The molecule has 2 saturated heterocycles. The Hall–Kier alpha value is -2.25. The third kappa shape index (κ3) is 5.64. The van der Waals surface area contributed by atoms with Gasteiger partial charge in [-0.25, -0.2) is 4.98 Å². The number of carbonyl (C=O) groups is 1. The fourth-order valence-corrected chi connectivity index (χ4v) is 4.81. The molecule has 4 heterocycles. The van der Waals surface area contributed by atoms with Crippen LogP contribution in [0.25, 0.3) is 0 Å². The van der Waals surface area contributed by atoms with Gasteiger partial charge in [0.2, 0.25) is 5.91 Å². The summed E-state index contributed by atoms with van der Waals surface area (Å²) in [5, 5.41) is 3.13. The fraction of sp³-hybridized carbons (Fsp3) is 0.591. The van der Waals surface area contributed by atoms with Crippen molar-refractivity contribution in [2.45, 2.75) is 44.8 Å². The Morgan fingerprint density at radius 3 is 2.72 bits per heavy atom. The van der Waals surface area contributed by atoms with Gasteiger partial charge in [0.05, 0.1) is 31.4 Å². The van der Waals surface area contributed by atoms with Gasteiger partial charge >= 0.3 is 0 Å². The highest BCUT2D eigenvalue weighted by Gasteiger charge is 2.34. The molecule has 2 aliphatic rings. The van der Waals surface area contributed by atoms with E-state index in [4.69, 9.17) is 0 Å². The number of piperidine rings is 2. The summed E-state index contributed by atoms with van der Waals surface area (Å²) in [5.74, 6) is 0.397. The van der Waals surface area contributed by atoms with Gasteiger partial charge in [-0.05, 0) is 30.5 Å². The van der Waals surface area contributed by atoms with Crippen molar-refractivity contribution in [2.24, 2.45) is 5.92 Å². The van der Waals surface area contributed by atoms with Gasteiger partial charge < -0.3 is 14.8 Å². The average Bonchev–Trinajstić information content (AvgIpc) is 3.29. The van der Waals surface area contributed by atoms with E-state index in [1.807, 2.05) is 23.2 Å². The first-order valence-corrected chi connectivity index (χ1v) is 11.0. The van der Waals surface area contributed by atoms with Gasteiger partial charge in [-0.1, -0.05) is 0 Å². The molecule has 0 aromatic carbocycles. The van der Waals surface area contributed by atoms with Gasteiger partial charge in [0.15, 0.2) is 0 Å². The van der Waals surface area contributed by atoms with Gasteiger partial charge in [-0.3, -0.25) is 14.7 Å². The number of likely N-dealkylation sites (tertiary alicyclic amines) is 2. The summed E-state index contributed by atoms with van der Waals surface area (Å²) in [6, 6.07) is 4.92. The maximum absolute atomic E-state index is 12.6. The van der Waals surface area contributed by atoms with E-state index in [1.54, 1.807) is 17.4 Å². The van der Waals surface area contributed by atoms with Crippen LogP contribution in [0.3, 0.4) is 0 Å². The van der Waals surface area contributed by atoms with E-state index < -0.39 is 0 Å². The van der Waals surface area contributed by atoms with Gasteiger partial charge in [-0.15, -0.1) is 0 Å². The van der Waals surface area contributed by atoms with Crippen molar-refractivity contribution >= 4 is 5.91 Å². The number of imidazole rings is 1. The molecule has 1 amide bonds. The number of nitrogens with one attached hydrogen (secondary N) is 2. The minimum absolute atomic E-state index is 0.163. The topological polar surface area (TPSA) is 67.5 Å². The Morgan fingerprint density at radius 2 is 1.97 bits per heavy atom. The molecule has 4 rings (SSSR count). The smallest absolute Gasteiger partial charge is 0.228 e. The number of hydrogen-bond donors (Lipinski definition) is 2. The summed E-state index contributed by atoms with van der Waals surface area (Å²) in [7, 11) is 0. The predicted octanol–water partition coefficient (Wildman–Crippen LogP) is 0.354. The number of aromatic nitrogens is 3. The number of rotatable bonds is 7. The van der Waals surface area contributed by atoms with Gasteiger partial charge in [0.1, 0.15) is 0 Å². The van der Waals surface area contributed by atoms with Crippen LogP contribution < -0.4 is 10.2 Å². The maximum Gasteiger partial charge on any atom is 0.228 e. The summed E-state index contributed by atoms with van der Waals surface area (Å²) in [6.07, 6.45) is 13.9. The fourth-order valence-electron chi connectivity index (χ4n) is 4.81. The Balaban J connectivity index is 1.20. The molecule has 0 spiro atoms.